The molecule has 0 atom stereocenters. The topological polar surface area (TPSA) is 93.7 Å². The maximum atomic E-state index is 12.3. The summed E-state index contributed by atoms with van der Waals surface area (Å²) in [5.41, 5.74) is 0.850. The Bertz CT molecular complexity index is 737. The van der Waals surface area contributed by atoms with Gasteiger partial charge in [0.2, 0.25) is 5.91 Å². The molecule has 2 N–H and O–H groups in total. The number of carbonyl (C=O) groups is 1. The Morgan fingerprint density at radius 3 is 2.72 bits per heavy atom. The van der Waals surface area contributed by atoms with Crippen LogP contribution in [-0.2, 0) is 14.3 Å². The molecule has 1 amide bonds. The van der Waals surface area contributed by atoms with E-state index >= 15 is 0 Å². The summed E-state index contributed by atoms with van der Waals surface area (Å²) < 4.78 is 22.0. The van der Waals surface area contributed by atoms with Gasteiger partial charge in [0.15, 0.2) is 17.5 Å². The molecule has 2 aliphatic rings. The summed E-state index contributed by atoms with van der Waals surface area (Å²) in [4.78, 5) is 18.9. The molecule has 178 valence electrons. The number of amides is 1. The van der Waals surface area contributed by atoms with Crippen LogP contribution in [0.2, 0.25) is 0 Å². The van der Waals surface area contributed by atoms with Crippen molar-refractivity contribution >= 4 is 17.6 Å². The first kappa shape index (κ1) is 24.1. The minimum Gasteiger partial charge on any atom is -0.490 e. The van der Waals surface area contributed by atoms with Gasteiger partial charge in [0.1, 0.15) is 0 Å². The molecular formula is C23H36N4O5. The molecule has 0 unspecified atom stereocenters. The minimum absolute atomic E-state index is 0.191. The number of fused-ring (bicyclic) bond motifs is 1. The molecule has 1 aromatic carbocycles. The number of hydrogen-bond acceptors (Lipinski definition) is 6. The average Bonchev–Trinajstić information content (AvgIpc) is 3.24. The first-order valence-electron chi connectivity index (χ1n) is 11.6. The molecule has 0 radical (unpaired) electrons. The third kappa shape index (κ3) is 8.20. The molecule has 3 rings (SSSR count). The standard InChI is InChI=1S/C23H36N4O5/c1-29-16-17-30-13-4-9-24-23(25-10-8-22(28)27-11-2-3-12-27)26-19-6-7-20-21(18-19)32-15-5-14-31-20/h6-7,18H,2-5,8-17H2,1H3,(H2,24,25,26). The van der Waals surface area contributed by atoms with Crippen molar-refractivity contribution in [2.75, 3.05) is 71.6 Å². The predicted molar refractivity (Wildman–Crippen MR) is 124 cm³/mol. The van der Waals surface area contributed by atoms with Gasteiger partial charge in [-0.05, 0) is 31.4 Å². The number of carbonyl (C=O) groups excluding carboxylic acids is 1. The Hall–Kier alpha value is -2.52. The molecular weight excluding hydrogens is 412 g/mol. The molecule has 2 heterocycles. The maximum Gasteiger partial charge on any atom is 0.224 e. The fraction of sp³-hybridized carbons (Fsp3) is 0.652. The highest BCUT2D eigenvalue weighted by Gasteiger charge is 2.17. The largest absolute Gasteiger partial charge is 0.490 e. The van der Waals surface area contributed by atoms with Crippen LogP contribution < -0.4 is 20.1 Å². The van der Waals surface area contributed by atoms with Gasteiger partial charge >= 0.3 is 0 Å². The number of methoxy groups -OCH3 is 1. The second-order valence-electron chi connectivity index (χ2n) is 7.79. The van der Waals surface area contributed by atoms with Gasteiger partial charge in [-0.25, -0.2) is 0 Å². The zero-order valence-electron chi connectivity index (χ0n) is 19.1. The van der Waals surface area contributed by atoms with Gasteiger partial charge in [0.25, 0.3) is 0 Å². The summed E-state index contributed by atoms with van der Waals surface area (Å²) in [5, 5.41) is 6.61. The highest BCUT2D eigenvalue weighted by Crippen LogP contribution is 2.32. The molecule has 9 nitrogen and oxygen atoms in total. The van der Waals surface area contributed by atoms with Gasteiger partial charge in [-0.15, -0.1) is 0 Å². The molecule has 0 aliphatic carbocycles. The van der Waals surface area contributed by atoms with Crippen molar-refractivity contribution in [3.63, 3.8) is 0 Å². The third-order valence-corrected chi connectivity index (χ3v) is 5.25. The second-order valence-corrected chi connectivity index (χ2v) is 7.79. The van der Waals surface area contributed by atoms with Crippen molar-refractivity contribution in [1.82, 2.24) is 10.2 Å². The molecule has 1 aromatic rings. The molecule has 2 aliphatic heterocycles. The molecule has 0 saturated carbocycles. The maximum absolute atomic E-state index is 12.3. The molecule has 1 fully saturated rings. The summed E-state index contributed by atoms with van der Waals surface area (Å²) in [7, 11) is 1.66. The van der Waals surface area contributed by atoms with E-state index in [0.717, 1.165) is 56.0 Å². The lowest BCUT2D eigenvalue weighted by molar-refractivity contribution is -0.129. The summed E-state index contributed by atoms with van der Waals surface area (Å²) in [6, 6.07) is 5.76. The van der Waals surface area contributed by atoms with Crippen LogP contribution in [0.1, 0.15) is 32.1 Å². The van der Waals surface area contributed by atoms with E-state index in [4.69, 9.17) is 18.9 Å². The Morgan fingerprint density at radius 1 is 1.09 bits per heavy atom. The highest BCUT2D eigenvalue weighted by molar-refractivity contribution is 5.94. The molecule has 0 aromatic heterocycles. The zero-order chi connectivity index (χ0) is 22.4. The Kier molecular flexibility index (Phi) is 10.4. The first-order valence-corrected chi connectivity index (χ1v) is 11.6. The van der Waals surface area contributed by atoms with Crippen LogP contribution in [0.25, 0.3) is 0 Å². The number of ether oxygens (including phenoxy) is 4. The normalized spacial score (nSPS) is 16.0. The number of rotatable bonds is 11. The van der Waals surface area contributed by atoms with Crippen LogP contribution in [0.3, 0.4) is 0 Å². The molecule has 1 saturated heterocycles. The van der Waals surface area contributed by atoms with Gasteiger partial charge in [-0.3, -0.25) is 9.79 Å². The van der Waals surface area contributed by atoms with E-state index in [1.165, 1.54) is 0 Å². The fourth-order valence-corrected chi connectivity index (χ4v) is 3.53. The van der Waals surface area contributed by atoms with Crippen molar-refractivity contribution in [3.8, 4) is 11.5 Å². The number of benzene rings is 1. The van der Waals surface area contributed by atoms with E-state index in [0.29, 0.717) is 58.5 Å². The highest BCUT2D eigenvalue weighted by atomic mass is 16.5. The van der Waals surface area contributed by atoms with Crippen LogP contribution in [0.15, 0.2) is 23.2 Å². The fourth-order valence-electron chi connectivity index (χ4n) is 3.53. The minimum atomic E-state index is 0.191. The summed E-state index contributed by atoms with van der Waals surface area (Å²) in [6.45, 7) is 5.96. The van der Waals surface area contributed by atoms with Crippen LogP contribution in [0.4, 0.5) is 5.69 Å². The van der Waals surface area contributed by atoms with Gasteiger partial charge in [0, 0.05) is 64.5 Å². The zero-order valence-corrected chi connectivity index (χ0v) is 19.1. The lowest BCUT2D eigenvalue weighted by atomic mass is 10.2. The second kappa shape index (κ2) is 13.8. The van der Waals surface area contributed by atoms with Crippen molar-refractivity contribution in [1.29, 1.82) is 0 Å². The number of nitrogens with zero attached hydrogens (tertiary/aromatic N) is 2. The number of guanidine groups is 1. The number of likely N-dealkylation sites (tertiary alicyclic amines) is 1. The third-order valence-electron chi connectivity index (χ3n) is 5.25. The van der Waals surface area contributed by atoms with E-state index in [1.54, 1.807) is 7.11 Å². The summed E-state index contributed by atoms with van der Waals surface area (Å²) >= 11 is 0. The lowest BCUT2D eigenvalue weighted by Crippen LogP contribution is -2.35. The van der Waals surface area contributed by atoms with Gasteiger partial charge in [-0.1, -0.05) is 0 Å². The van der Waals surface area contributed by atoms with E-state index in [1.807, 2.05) is 23.1 Å². The molecule has 9 heteroatoms. The van der Waals surface area contributed by atoms with Crippen molar-refractivity contribution in [2.45, 2.75) is 32.1 Å². The van der Waals surface area contributed by atoms with Crippen molar-refractivity contribution < 1.29 is 23.7 Å². The summed E-state index contributed by atoms with van der Waals surface area (Å²) in [6.07, 6.45) is 4.31. The smallest absolute Gasteiger partial charge is 0.224 e. The predicted octanol–water partition coefficient (Wildman–Crippen LogP) is 2.27. The Labute approximate surface area is 190 Å². The van der Waals surface area contributed by atoms with Crippen LogP contribution >= 0.6 is 0 Å². The number of anilines is 1. The average molecular weight is 449 g/mol. The van der Waals surface area contributed by atoms with Crippen LogP contribution in [-0.4, -0.2) is 83.1 Å². The van der Waals surface area contributed by atoms with E-state index < -0.39 is 0 Å². The van der Waals surface area contributed by atoms with E-state index in [2.05, 4.69) is 15.6 Å². The quantitative estimate of drug-likeness (QED) is 0.305. The van der Waals surface area contributed by atoms with Gasteiger partial charge < -0.3 is 34.5 Å². The van der Waals surface area contributed by atoms with Crippen LogP contribution in [0.5, 0.6) is 11.5 Å². The molecule has 0 bridgehead atoms. The number of nitrogens with one attached hydrogen (secondary N) is 2. The van der Waals surface area contributed by atoms with Gasteiger partial charge in [0.05, 0.1) is 26.4 Å². The van der Waals surface area contributed by atoms with E-state index in [9.17, 15) is 4.79 Å². The van der Waals surface area contributed by atoms with Crippen molar-refractivity contribution in [3.05, 3.63) is 18.2 Å². The number of hydrogen-bond donors (Lipinski definition) is 2. The molecule has 0 spiro atoms. The Balaban J connectivity index is 1.53. The lowest BCUT2D eigenvalue weighted by Gasteiger charge is -2.17. The van der Waals surface area contributed by atoms with E-state index in [-0.39, 0.29) is 5.91 Å². The van der Waals surface area contributed by atoms with Crippen molar-refractivity contribution in [2.24, 2.45) is 4.99 Å². The Morgan fingerprint density at radius 2 is 1.91 bits per heavy atom. The van der Waals surface area contributed by atoms with Crippen LogP contribution in [0, 0.1) is 0 Å². The van der Waals surface area contributed by atoms with Gasteiger partial charge in [-0.2, -0.15) is 0 Å². The number of aliphatic imine (C=N–C) groups is 1. The first-order chi connectivity index (χ1) is 15.8. The SMILES string of the molecule is COCCOCCCN=C(NCCC(=O)N1CCCC1)Nc1ccc2c(c1)OCCCO2. The summed E-state index contributed by atoms with van der Waals surface area (Å²) in [5.74, 6) is 2.30. The molecule has 32 heavy (non-hydrogen) atoms. The monoisotopic (exact) mass is 448 g/mol.